The highest BCUT2D eigenvalue weighted by atomic mass is 16.3. The molecular formula is C11H16O2. The van der Waals surface area contributed by atoms with Crippen LogP contribution in [0.15, 0.2) is 12.2 Å². The van der Waals surface area contributed by atoms with Gasteiger partial charge in [-0.05, 0) is 18.8 Å². The molecule has 0 amide bonds. The van der Waals surface area contributed by atoms with Crippen LogP contribution in [0.25, 0.3) is 0 Å². The zero-order valence-electron chi connectivity index (χ0n) is 7.99. The Balaban J connectivity index is 2.26. The summed E-state index contributed by atoms with van der Waals surface area (Å²) in [4.78, 5) is 11.3. The molecule has 2 nitrogen and oxygen atoms in total. The molecule has 1 unspecified atom stereocenters. The quantitative estimate of drug-likeness (QED) is 0.576. The molecule has 0 spiro atoms. The van der Waals surface area contributed by atoms with E-state index < -0.39 is 6.10 Å². The molecule has 0 radical (unpaired) electrons. The Hall–Kier alpha value is -0.630. The molecule has 0 saturated heterocycles. The van der Waals surface area contributed by atoms with Gasteiger partial charge in [-0.1, -0.05) is 19.1 Å². The third-order valence-corrected chi connectivity index (χ3v) is 3.73. The minimum atomic E-state index is -0.427. The van der Waals surface area contributed by atoms with E-state index in [0.29, 0.717) is 18.8 Å². The Morgan fingerprint density at radius 1 is 1.46 bits per heavy atom. The summed E-state index contributed by atoms with van der Waals surface area (Å²) in [5, 5.41) is 9.88. The molecule has 0 aliphatic heterocycles. The SMILES string of the molecule is C[C@]12CC=CC[C@@H]1CC(=O)CC2O. The summed E-state index contributed by atoms with van der Waals surface area (Å²) in [6, 6.07) is 0. The molecule has 2 aliphatic rings. The first-order valence-electron chi connectivity index (χ1n) is 4.97. The van der Waals surface area contributed by atoms with Crippen LogP contribution in [0.5, 0.6) is 0 Å². The van der Waals surface area contributed by atoms with Crippen molar-refractivity contribution in [2.75, 3.05) is 0 Å². The third-order valence-electron chi connectivity index (χ3n) is 3.73. The third kappa shape index (κ3) is 1.33. The van der Waals surface area contributed by atoms with Crippen molar-refractivity contribution in [3.05, 3.63) is 12.2 Å². The van der Waals surface area contributed by atoms with Gasteiger partial charge < -0.3 is 5.11 Å². The van der Waals surface area contributed by atoms with Crippen LogP contribution in [-0.4, -0.2) is 17.0 Å². The number of allylic oxidation sites excluding steroid dienone is 2. The van der Waals surface area contributed by atoms with Gasteiger partial charge in [0.15, 0.2) is 0 Å². The van der Waals surface area contributed by atoms with Gasteiger partial charge in [0.05, 0.1) is 6.10 Å². The number of hydrogen-bond acceptors (Lipinski definition) is 2. The standard InChI is InChI=1S/C11H16O2/c1-11-5-3-2-4-8(11)6-9(12)7-10(11)13/h2-3,8,10,13H,4-7H2,1H3/t8-,10?,11+/m1/s1. The fourth-order valence-electron chi connectivity index (χ4n) is 2.57. The molecule has 0 heterocycles. The molecule has 1 fully saturated rings. The summed E-state index contributed by atoms with van der Waals surface area (Å²) in [6.07, 6.45) is 6.75. The molecule has 1 saturated carbocycles. The lowest BCUT2D eigenvalue weighted by atomic mass is 9.60. The molecule has 1 N–H and O–H groups in total. The van der Waals surface area contributed by atoms with E-state index in [0.717, 1.165) is 12.8 Å². The number of carbonyl (C=O) groups excluding carboxylic acids is 1. The second-order valence-corrected chi connectivity index (χ2v) is 4.58. The number of rotatable bonds is 0. The Morgan fingerprint density at radius 2 is 2.23 bits per heavy atom. The van der Waals surface area contributed by atoms with Gasteiger partial charge in [0.25, 0.3) is 0 Å². The number of hydrogen-bond donors (Lipinski definition) is 1. The van der Waals surface area contributed by atoms with Crippen LogP contribution in [0.1, 0.15) is 32.6 Å². The Labute approximate surface area is 78.6 Å². The van der Waals surface area contributed by atoms with Crippen LogP contribution in [0.4, 0.5) is 0 Å². The first kappa shape index (κ1) is 8.95. The van der Waals surface area contributed by atoms with Gasteiger partial charge in [0.1, 0.15) is 5.78 Å². The molecule has 0 aromatic heterocycles. The van der Waals surface area contributed by atoms with Crippen molar-refractivity contribution in [1.82, 2.24) is 0 Å². The smallest absolute Gasteiger partial charge is 0.135 e. The van der Waals surface area contributed by atoms with Crippen molar-refractivity contribution < 1.29 is 9.90 Å². The average molecular weight is 180 g/mol. The number of Topliss-reactive ketones (excluding diaryl/α,β-unsaturated/α-hetero) is 1. The highest BCUT2D eigenvalue weighted by Crippen LogP contribution is 2.46. The molecule has 2 rings (SSSR count). The topological polar surface area (TPSA) is 37.3 Å². The minimum absolute atomic E-state index is 0.0390. The summed E-state index contributed by atoms with van der Waals surface area (Å²) in [5.41, 5.74) is -0.0390. The van der Waals surface area contributed by atoms with Crippen LogP contribution in [0.3, 0.4) is 0 Å². The second kappa shape index (κ2) is 2.95. The Kier molecular flexibility index (Phi) is 2.03. The van der Waals surface area contributed by atoms with Gasteiger partial charge in [0.2, 0.25) is 0 Å². The van der Waals surface area contributed by atoms with E-state index in [4.69, 9.17) is 0 Å². The van der Waals surface area contributed by atoms with Gasteiger partial charge in [0, 0.05) is 18.3 Å². The number of carbonyl (C=O) groups is 1. The maximum Gasteiger partial charge on any atom is 0.135 e. The Morgan fingerprint density at radius 3 is 3.00 bits per heavy atom. The number of fused-ring (bicyclic) bond motifs is 1. The van der Waals surface area contributed by atoms with Gasteiger partial charge in [-0.25, -0.2) is 0 Å². The highest BCUT2D eigenvalue weighted by molar-refractivity contribution is 5.80. The maximum atomic E-state index is 11.3. The molecule has 2 heteroatoms. The number of aliphatic hydroxyl groups excluding tert-OH is 1. The van der Waals surface area contributed by atoms with E-state index in [1.807, 2.05) is 0 Å². The van der Waals surface area contributed by atoms with Gasteiger partial charge >= 0.3 is 0 Å². The summed E-state index contributed by atoms with van der Waals surface area (Å²) in [6.45, 7) is 2.11. The number of aliphatic hydroxyl groups is 1. The first-order valence-corrected chi connectivity index (χ1v) is 4.97. The van der Waals surface area contributed by atoms with Crippen molar-refractivity contribution >= 4 is 5.78 Å². The monoisotopic (exact) mass is 180 g/mol. The molecule has 0 aromatic rings. The first-order chi connectivity index (χ1) is 6.13. The zero-order chi connectivity index (χ0) is 9.47. The van der Waals surface area contributed by atoms with E-state index in [2.05, 4.69) is 19.1 Å². The van der Waals surface area contributed by atoms with E-state index >= 15 is 0 Å². The normalized spacial score (nSPS) is 44.6. The van der Waals surface area contributed by atoms with E-state index in [1.54, 1.807) is 0 Å². The highest BCUT2D eigenvalue weighted by Gasteiger charge is 2.45. The summed E-state index contributed by atoms with van der Waals surface area (Å²) in [5.74, 6) is 0.596. The average Bonchev–Trinajstić information content (AvgIpc) is 2.07. The largest absolute Gasteiger partial charge is 0.392 e. The predicted octanol–water partition coefficient (Wildman–Crippen LogP) is 1.68. The molecule has 2 aliphatic carbocycles. The summed E-state index contributed by atoms with van der Waals surface area (Å²) in [7, 11) is 0. The lowest BCUT2D eigenvalue weighted by Gasteiger charge is -2.45. The van der Waals surface area contributed by atoms with E-state index in [9.17, 15) is 9.90 Å². The van der Waals surface area contributed by atoms with Crippen LogP contribution < -0.4 is 0 Å². The van der Waals surface area contributed by atoms with Gasteiger partial charge in [-0.15, -0.1) is 0 Å². The minimum Gasteiger partial charge on any atom is -0.392 e. The molecule has 3 atom stereocenters. The van der Waals surface area contributed by atoms with Crippen molar-refractivity contribution in [2.45, 2.75) is 38.7 Å². The maximum absolute atomic E-state index is 11.3. The fraction of sp³-hybridized carbons (Fsp3) is 0.727. The molecule has 72 valence electrons. The van der Waals surface area contributed by atoms with Crippen LogP contribution in [-0.2, 0) is 4.79 Å². The van der Waals surface area contributed by atoms with Crippen molar-refractivity contribution in [1.29, 1.82) is 0 Å². The van der Waals surface area contributed by atoms with Crippen LogP contribution in [0, 0.1) is 11.3 Å². The fourth-order valence-corrected chi connectivity index (χ4v) is 2.57. The molecule has 0 bridgehead atoms. The molecule has 0 aromatic carbocycles. The molecular weight excluding hydrogens is 164 g/mol. The van der Waals surface area contributed by atoms with Crippen LogP contribution in [0.2, 0.25) is 0 Å². The van der Waals surface area contributed by atoms with Crippen molar-refractivity contribution in [3.8, 4) is 0 Å². The lowest BCUT2D eigenvalue weighted by Crippen LogP contribution is -2.46. The zero-order valence-corrected chi connectivity index (χ0v) is 7.99. The summed E-state index contributed by atoms with van der Waals surface area (Å²) < 4.78 is 0. The Bertz CT molecular complexity index is 257. The van der Waals surface area contributed by atoms with Gasteiger partial charge in [-0.2, -0.15) is 0 Å². The van der Waals surface area contributed by atoms with Gasteiger partial charge in [-0.3, -0.25) is 4.79 Å². The predicted molar refractivity (Wildman–Crippen MR) is 50.2 cm³/mol. The van der Waals surface area contributed by atoms with E-state index in [1.165, 1.54) is 0 Å². The molecule has 13 heavy (non-hydrogen) atoms. The van der Waals surface area contributed by atoms with Crippen LogP contribution >= 0.6 is 0 Å². The van der Waals surface area contributed by atoms with Crippen molar-refractivity contribution in [3.63, 3.8) is 0 Å². The lowest BCUT2D eigenvalue weighted by molar-refractivity contribution is -0.133. The van der Waals surface area contributed by atoms with Crippen molar-refractivity contribution in [2.24, 2.45) is 11.3 Å². The van der Waals surface area contributed by atoms with E-state index in [-0.39, 0.29) is 11.2 Å². The second-order valence-electron chi connectivity index (χ2n) is 4.58. The summed E-state index contributed by atoms with van der Waals surface area (Å²) >= 11 is 0. The number of ketones is 1.